The number of nitro benzene ring substituents is 1. The molecule has 0 radical (unpaired) electrons. The van der Waals surface area contributed by atoms with Crippen LogP contribution in [0.5, 0.6) is 5.75 Å². The number of aromatic hydroxyl groups is 1. The largest absolute Gasteiger partial charge is 0.506 e. The van der Waals surface area contributed by atoms with E-state index in [0.29, 0.717) is 11.1 Å². The minimum absolute atomic E-state index is 0.0642. The van der Waals surface area contributed by atoms with Gasteiger partial charge in [0.25, 0.3) is 11.6 Å². The number of nitrogens with zero attached hydrogens (tertiary/aromatic N) is 1. The molecule has 8 heteroatoms. The van der Waals surface area contributed by atoms with Gasteiger partial charge < -0.3 is 15.7 Å². The number of phenols is 1. The lowest BCUT2D eigenvalue weighted by Gasteiger charge is -2.11. The molecule has 0 fully saturated rings. The fraction of sp³-hybridized carbons (Fsp3) is 0.176. The van der Waals surface area contributed by atoms with Crippen LogP contribution in [-0.2, 0) is 4.79 Å². The topological polar surface area (TPSA) is 122 Å². The summed E-state index contributed by atoms with van der Waals surface area (Å²) in [6.45, 7) is 2.96. The summed E-state index contributed by atoms with van der Waals surface area (Å²) in [6.07, 6.45) is 0. The van der Waals surface area contributed by atoms with E-state index in [1.165, 1.54) is 31.2 Å². The number of aryl methyl sites for hydroxylation is 2. The molecular weight excluding hydrogens is 326 g/mol. The molecule has 2 aromatic carbocycles. The number of nitrogens with one attached hydrogen (secondary N) is 2. The minimum Gasteiger partial charge on any atom is -0.506 e. The van der Waals surface area contributed by atoms with Crippen LogP contribution in [0.15, 0.2) is 36.4 Å². The predicted octanol–water partition coefficient (Wildman–Crippen LogP) is 2.29. The van der Waals surface area contributed by atoms with Crippen molar-refractivity contribution in [2.45, 2.75) is 13.8 Å². The van der Waals surface area contributed by atoms with E-state index in [2.05, 4.69) is 10.6 Å². The summed E-state index contributed by atoms with van der Waals surface area (Å²) >= 11 is 0. The Morgan fingerprint density at radius 2 is 1.88 bits per heavy atom. The Bertz CT molecular complexity index is 828. The summed E-state index contributed by atoms with van der Waals surface area (Å²) in [5, 5.41) is 25.5. The van der Waals surface area contributed by atoms with Gasteiger partial charge >= 0.3 is 0 Å². The van der Waals surface area contributed by atoms with E-state index in [-0.39, 0.29) is 29.2 Å². The molecule has 0 atom stereocenters. The standard InChI is InChI=1S/C17H17N3O5/c1-10-4-3-5-14(21)16(10)19-15(22)9-18-17(23)12-6-7-13(20(24)25)11(2)8-12/h3-8,21H,9H2,1-2H3,(H,18,23)(H,19,22). The first kappa shape index (κ1) is 17.9. The quantitative estimate of drug-likeness (QED) is 0.437. The van der Waals surface area contributed by atoms with Crippen LogP contribution in [0.4, 0.5) is 11.4 Å². The highest BCUT2D eigenvalue weighted by atomic mass is 16.6. The Kier molecular flexibility index (Phi) is 5.33. The molecule has 0 bridgehead atoms. The number of para-hydroxylation sites is 1. The average molecular weight is 343 g/mol. The molecular formula is C17H17N3O5. The Labute approximate surface area is 143 Å². The zero-order valence-corrected chi connectivity index (χ0v) is 13.7. The van der Waals surface area contributed by atoms with E-state index in [0.717, 1.165) is 0 Å². The summed E-state index contributed by atoms with van der Waals surface area (Å²) in [7, 11) is 0. The Morgan fingerprint density at radius 3 is 2.48 bits per heavy atom. The van der Waals surface area contributed by atoms with Crippen molar-refractivity contribution in [3.05, 3.63) is 63.2 Å². The van der Waals surface area contributed by atoms with Gasteiger partial charge in [-0.2, -0.15) is 0 Å². The van der Waals surface area contributed by atoms with E-state index in [4.69, 9.17) is 0 Å². The first-order valence-electron chi connectivity index (χ1n) is 7.41. The van der Waals surface area contributed by atoms with Crippen molar-refractivity contribution in [3.63, 3.8) is 0 Å². The van der Waals surface area contributed by atoms with Crippen LogP contribution in [0.2, 0.25) is 0 Å². The summed E-state index contributed by atoms with van der Waals surface area (Å²) in [5.41, 5.74) is 1.46. The first-order valence-corrected chi connectivity index (χ1v) is 7.41. The van der Waals surface area contributed by atoms with Crippen molar-refractivity contribution in [2.24, 2.45) is 0 Å². The molecule has 0 aliphatic heterocycles. The van der Waals surface area contributed by atoms with E-state index in [1.807, 2.05) is 0 Å². The van der Waals surface area contributed by atoms with Crippen LogP contribution in [-0.4, -0.2) is 28.4 Å². The number of phenolic OH excluding ortho intramolecular Hbond substituents is 1. The van der Waals surface area contributed by atoms with Crippen LogP contribution in [0.25, 0.3) is 0 Å². The van der Waals surface area contributed by atoms with Gasteiger partial charge in [0.05, 0.1) is 17.2 Å². The number of anilines is 1. The SMILES string of the molecule is Cc1cc(C(=O)NCC(=O)Nc2c(C)cccc2O)ccc1[N+](=O)[O-]. The summed E-state index contributed by atoms with van der Waals surface area (Å²) in [4.78, 5) is 34.2. The van der Waals surface area contributed by atoms with Crippen LogP contribution >= 0.6 is 0 Å². The molecule has 0 aliphatic carbocycles. The number of rotatable bonds is 5. The normalized spacial score (nSPS) is 10.2. The summed E-state index contributed by atoms with van der Waals surface area (Å²) in [5.74, 6) is -1.09. The summed E-state index contributed by atoms with van der Waals surface area (Å²) in [6, 6.07) is 8.78. The van der Waals surface area contributed by atoms with Gasteiger partial charge in [0.2, 0.25) is 5.91 Å². The van der Waals surface area contributed by atoms with Gasteiger partial charge in [-0.1, -0.05) is 12.1 Å². The highest BCUT2D eigenvalue weighted by Gasteiger charge is 2.15. The first-order chi connectivity index (χ1) is 11.8. The van der Waals surface area contributed by atoms with Gasteiger partial charge in [-0.3, -0.25) is 19.7 Å². The molecule has 0 saturated carbocycles. The second-order valence-electron chi connectivity index (χ2n) is 5.46. The maximum atomic E-state index is 12.1. The van der Waals surface area contributed by atoms with Crippen molar-refractivity contribution in [2.75, 3.05) is 11.9 Å². The monoisotopic (exact) mass is 343 g/mol. The molecule has 25 heavy (non-hydrogen) atoms. The third-order valence-electron chi connectivity index (χ3n) is 3.58. The third-order valence-corrected chi connectivity index (χ3v) is 3.58. The van der Waals surface area contributed by atoms with Gasteiger partial charge in [0.15, 0.2) is 0 Å². The molecule has 2 rings (SSSR count). The number of hydrogen-bond acceptors (Lipinski definition) is 5. The van der Waals surface area contributed by atoms with Gasteiger partial charge in [-0.15, -0.1) is 0 Å². The number of carbonyl (C=O) groups is 2. The number of benzene rings is 2. The fourth-order valence-corrected chi connectivity index (χ4v) is 2.26. The van der Waals surface area contributed by atoms with E-state index < -0.39 is 16.7 Å². The van der Waals surface area contributed by atoms with Gasteiger partial charge in [-0.25, -0.2) is 0 Å². The van der Waals surface area contributed by atoms with Crippen LogP contribution < -0.4 is 10.6 Å². The minimum atomic E-state index is -0.529. The van der Waals surface area contributed by atoms with Crippen LogP contribution in [0.1, 0.15) is 21.5 Å². The molecule has 0 unspecified atom stereocenters. The highest BCUT2D eigenvalue weighted by molar-refractivity contribution is 6.00. The number of hydrogen-bond donors (Lipinski definition) is 3. The van der Waals surface area contributed by atoms with Crippen LogP contribution in [0.3, 0.4) is 0 Å². The molecule has 3 N–H and O–H groups in total. The molecule has 0 heterocycles. The summed E-state index contributed by atoms with van der Waals surface area (Å²) < 4.78 is 0. The molecule has 0 aromatic heterocycles. The van der Waals surface area contributed by atoms with Gasteiger partial charge in [-0.05, 0) is 37.6 Å². The zero-order chi connectivity index (χ0) is 18.6. The Balaban J connectivity index is 1.99. The maximum Gasteiger partial charge on any atom is 0.272 e. The second-order valence-corrected chi connectivity index (χ2v) is 5.46. The lowest BCUT2D eigenvalue weighted by atomic mass is 10.1. The number of nitro groups is 1. The zero-order valence-electron chi connectivity index (χ0n) is 13.7. The smallest absolute Gasteiger partial charge is 0.272 e. The molecule has 2 amide bonds. The van der Waals surface area contributed by atoms with Gasteiger partial charge in [0.1, 0.15) is 5.75 Å². The van der Waals surface area contributed by atoms with E-state index in [9.17, 15) is 24.8 Å². The third kappa shape index (κ3) is 4.31. The number of carbonyl (C=O) groups excluding carboxylic acids is 2. The van der Waals surface area contributed by atoms with Gasteiger partial charge in [0, 0.05) is 17.2 Å². The number of amides is 2. The Morgan fingerprint density at radius 1 is 1.16 bits per heavy atom. The second kappa shape index (κ2) is 7.43. The lowest BCUT2D eigenvalue weighted by molar-refractivity contribution is -0.385. The molecule has 0 aliphatic rings. The van der Waals surface area contributed by atoms with E-state index in [1.54, 1.807) is 19.1 Å². The average Bonchev–Trinajstić information content (AvgIpc) is 2.55. The molecule has 8 nitrogen and oxygen atoms in total. The molecule has 0 saturated heterocycles. The van der Waals surface area contributed by atoms with E-state index >= 15 is 0 Å². The van der Waals surface area contributed by atoms with Crippen molar-refractivity contribution < 1.29 is 19.6 Å². The fourth-order valence-electron chi connectivity index (χ4n) is 2.26. The van der Waals surface area contributed by atoms with Crippen LogP contribution in [0, 0.1) is 24.0 Å². The van der Waals surface area contributed by atoms with Crippen molar-refractivity contribution >= 4 is 23.2 Å². The Hall–Kier alpha value is -3.42. The molecule has 0 spiro atoms. The predicted molar refractivity (Wildman–Crippen MR) is 91.6 cm³/mol. The highest BCUT2D eigenvalue weighted by Crippen LogP contribution is 2.26. The maximum absolute atomic E-state index is 12.1. The molecule has 2 aromatic rings. The lowest BCUT2D eigenvalue weighted by Crippen LogP contribution is -2.33. The van der Waals surface area contributed by atoms with Crippen molar-refractivity contribution in [1.29, 1.82) is 0 Å². The van der Waals surface area contributed by atoms with Crippen molar-refractivity contribution in [1.82, 2.24) is 5.32 Å². The van der Waals surface area contributed by atoms with Crippen molar-refractivity contribution in [3.8, 4) is 5.75 Å². The molecule has 130 valence electrons.